The molecule has 1 rings (SSSR count). The monoisotopic (exact) mass is 254 g/mol. The van der Waals surface area contributed by atoms with Gasteiger partial charge >= 0.3 is 0 Å². The highest BCUT2D eigenvalue weighted by Gasteiger charge is 2.06. The average molecular weight is 255 g/mol. The maximum absolute atomic E-state index is 10.6. The fourth-order valence-electron chi connectivity index (χ4n) is 1.40. The molecule has 0 aliphatic carbocycles. The first-order valence-electron chi connectivity index (χ1n) is 4.92. The molecule has 1 nitrogen and oxygen atoms in total. The number of benzene rings is 1. The minimum absolute atomic E-state index is 0.0121. The summed E-state index contributed by atoms with van der Waals surface area (Å²) < 4.78 is 1.12. The van der Waals surface area contributed by atoms with Crippen LogP contribution in [0.2, 0.25) is 0 Å². The Kier molecular flexibility index (Phi) is 4.33. The molecule has 2 heteroatoms. The Morgan fingerprint density at radius 1 is 1.50 bits per heavy atom. The van der Waals surface area contributed by atoms with E-state index in [2.05, 4.69) is 28.9 Å². The van der Waals surface area contributed by atoms with Crippen molar-refractivity contribution in [1.29, 1.82) is 0 Å². The number of aryl methyl sites for hydroxylation is 1. The highest BCUT2D eigenvalue weighted by molar-refractivity contribution is 9.10. The normalized spacial score (nSPS) is 12.5. The van der Waals surface area contributed by atoms with E-state index in [0.717, 1.165) is 29.2 Å². The molecule has 0 aliphatic rings. The molecule has 0 bridgehead atoms. The van der Waals surface area contributed by atoms with E-state index in [9.17, 15) is 4.79 Å². The van der Waals surface area contributed by atoms with Crippen molar-refractivity contribution in [2.45, 2.75) is 32.6 Å². The van der Waals surface area contributed by atoms with Crippen molar-refractivity contribution in [2.24, 2.45) is 0 Å². The van der Waals surface area contributed by atoms with Crippen molar-refractivity contribution in [3.63, 3.8) is 0 Å². The van der Waals surface area contributed by atoms with Crippen molar-refractivity contribution in [3.8, 4) is 0 Å². The zero-order valence-electron chi connectivity index (χ0n) is 8.59. The molecule has 0 N–H and O–H groups in total. The second kappa shape index (κ2) is 5.30. The van der Waals surface area contributed by atoms with Crippen LogP contribution in [-0.2, 0) is 11.2 Å². The Balaban J connectivity index is 2.93. The summed E-state index contributed by atoms with van der Waals surface area (Å²) in [4.78, 5) is 10.6. The number of carbonyl (C=O) groups is 1. The number of rotatable bonds is 4. The van der Waals surface area contributed by atoms with E-state index < -0.39 is 0 Å². The van der Waals surface area contributed by atoms with Crippen LogP contribution in [-0.4, -0.2) is 6.29 Å². The SMILES string of the molecule is CCCc1ccc(C(C)C=O)cc1Br. The summed E-state index contributed by atoms with van der Waals surface area (Å²) >= 11 is 3.53. The van der Waals surface area contributed by atoms with E-state index in [4.69, 9.17) is 0 Å². The standard InChI is InChI=1S/C12H15BrO/c1-3-4-10-5-6-11(7-12(10)13)9(2)8-14/h5-9H,3-4H2,1-2H3. The molecule has 0 spiro atoms. The molecular weight excluding hydrogens is 240 g/mol. The van der Waals surface area contributed by atoms with Gasteiger partial charge in [-0.3, -0.25) is 0 Å². The van der Waals surface area contributed by atoms with Gasteiger partial charge in [0.15, 0.2) is 0 Å². The number of hydrogen-bond donors (Lipinski definition) is 0. The molecule has 1 aromatic rings. The predicted octanol–water partition coefficient (Wildman–Crippen LogP) is 3.70. The summed E-state index contributed by atoms with van der Waals surface area (Å²) in [5.41, 5.74) is 2.39. The van der Waals surface area contributed by atoms with Gasteiger partial charge in [0.05, 0.1) is 0 Å². The van der Waals surface area contributed by atoms with Crippen LogP contribution < -0.4 is 0 Å². The van der Waals surface area contributed by atoms with Crippen LogP contribution >= 0.6 is 15.9 Å². The Hall–Kier alpha value is -0.630. The third kappa shape index (κ3) is 2.68. The van der Waals surface area contributed by atoms with E-state index in [1.165, 1.54) is 5.56 Å². The van der Waals surface area contributed by atoms with Crippen LogP contribution in [0.4, 0.5) is 0 Å². The third-order valence-electron chi connectivity index (χ3n) is 2.33. The topological polar surface area (TPSA) is 17.1 Å². The van der Waals surface area contributed by atoms with Crippen molar-refractivity contribution in [2.75, 3.05) is 0 Å². The highest BCUT2D eigenvalue weighted by atomic mass is 79.9. The smallest absolute Gasteiger partial charge is 0.127 e. The summed E-state index contributed by atoms with van der Waals surface area (Å²) in [6, 6.07) is 6.18. The minimum atomic E-state index is -0.0121. The molecule has 0 heterocycles. The molecular formula is C12H15BrO. The zero-order chi connectivity index (χ0) is 10.6. The van der Waals surface area contributed by atoms with Gasteiger partial charge in [-0.2, -0.15) is 0 Å². The summed E-state index contributed by atoms with van der Waals surface area (Å²) in [6.45, 7) is 4.07. The van der Waals surface area contributed by atoms with Gasteiger partial charge in [0.1, 0.15) is 6.29 Å². The zero-order valence-corrected chi connectivity index (χ0v) is 10.2. The van der Waals surface area contributed by atoms with E-state index in [-0.39, 0.29) is 5.92 Å². The molecule has 0 saturated heterocycles. The Bertz CT molecular complexity index is 320. The number of carbonyl (C=O) groups excluding carboxylic acids is 1. The molecule has 0 radical (unpaired) electrons. The van der Waals surface area contributed by atoms with Gasteiger partial charge in [0.25, 0.3) is 0 Å². The van der Waals surface area contributed by atoms with Crippen molar-refractivity contribution < 1.29 is 4.79 Å². The predicted molar refractivity (Wildman–Crippen MR) is 62.6 cm³/mol. The van der Waals surface area contributed by atoms with Crippen LogP contribution in [0.15, 0.2) is 22.7 Å². The van der Waals surface area contributed by atoms with Crippen LogP contribution in [0.3, 0.4) is 0 Å². The summed E-state index contributed by atoms with van der Waals surface area (Å²) in [6.07, 6.45) is 3.19. The van der Waals surface area contributed by atoms with E-state index in [1.54, 1.807) is 0 Å². The molecule has 14 heavy (non-hydrogen) atoms. The first kappa shape index (κ1) is 11.4. The second-order valence-electron chi connectivity index (χ2n) is 3.53. The largest absolute Gasteiger partial charge is 0.303 e. The maximum atomic E-state index is 10.6. The van der Waals surface area contributed by atoms with Crippen LogP contribution in [0.5, 0.6) is 0 Å². The van der Waals surface area contributed by atoms with Gasteiger partial charge in [0.2, 0.25) is 0 Å². The van der Waals surface area contributed by atoms with Crippen LogP contribution in [0.25, 0.3) is 0 Å². The van der Waals surface area contributed by atoms with Crippen LogP contribution in [0.1, 0.15) is 37.3 Å². The third-order valence-corrected chi connectivity index (χ3v) is 3.06. The lowest BCUT2D eigenvalue weighted by molar-refractivity contribution is -0.108. The fraction of sp³-hybridized carbons (Fsp3) is 0.417. The molecule has 76 valence electrons. The molecule has 0 aromatic heterocycles. The van der Waals surface area contributed by atoms with Gasteiger partial charge in [-0.05, 0) is 23.6 Å². The lowest BCUT2D eigenvalue weighted by Gasteiger charge is -2.08. The fourth-order valence-corrected chi connectivity index (χ4v) is 1.99. The van der Waals surface area contributed by atoms with Gasteiger partial charge in [-0.15, -0.1) is 0 Å². The summed E-state index contributed by atoms with van der Waals surface area (Å²) in [7, 11) is 0. The van der Waals surface area contributed by atoms with Gasteiger partial charge in [-0.1, -0.05) is 48.3 Å². The second-order valence-corrected chi connectivity index (χ2v) is 4.38. The molecule has 0 aliphatic heterocycles. The van der Waals surface area contributed by atoms with Crippen molar-refractivity contribution >= 4 is 22.2 Å². The molecule has 0 saturated carbocycles. The molecule has 0 amide bonds. The number of halogens is 1. The Labute approximate surface area is 93.7 Å². The Morgan fingerprint density at radius 3 is 2.71 bits per heavy atom. The lowest BCUT2D eigenvalue weighted by Crippen LogP contribution is -1.95. The maximum Gasteiger partial charge on any atom is 0.127 e. The highest BCUT2D eigenvalue weighted by Crippen LogP contribution is 2.23. The van der Waals surface area contributed by atoms with Gasteiger partial charge in [-0.25, -0.2) is 0 Å². The summed E-state index contributed by atoms with van der Waals surface area (Å²) in [5, 5.41) is 0. The van der Waals surface area contributed by atoms with Crippen LogP contribution in [0, 0.1) is 0 Å². The quantitative estimate of drug-likeness (QED) is 0.749. The van der Waals surface area contributed by atoms with E-state index in [0.29, 0.717) is 0 Å². The van der Waals surface area contributed by atoms with Crippen molar-refractivity contribution in [3.05, 3.63) is 33.8 Å². The molecule has 1 aromatic carbocycles. The van der Waals surface area contributed by atoms with Gasteiger partial charge in [0, 0.05) is 10.4 Å². The Morgan fingerprint density at radius 2 is 2.21 bits per heavy atom. The number of aldehydes is 1. The summed E-state index contributed by atoms with van der Waals surface area (Å²) in [5.74, 6) is -0.0121. The average Bonchev–Trinajstić information content (AvgIpc) is 2.20. The minimum Gasteiger partial charge on any atom is -0.303 e. The molecule has 1 atom stereocenters. The number of hydrogen-bond acceptors (Lipinski definition) is 1. The van der Waals surface area contributed by atoms with Crippen molar-refractivity contribution in [1.82, 2.24) is 0 Å². The molecule has 1 unspecified atom stereocenters. The first-order chi connectivity index (χ1) is 6.69. The molecule has 0 fully saturated rings. The van der Waals surface area contributed by atoms with E-state index in [1.807, 2.05) is 19.1 Å². The van der Waals surface area contributed by atoms with Gasteiger partial charge < -0.3 is 4.79 Å². The first-order valence-corrected chi connectivity index (χ1v) is 5.72. The van der Waals surface area contributed by atoms with E-state index >= 15 is 0 Å². The lowest BCUT2D eigenvalue weighted by atomic mass is 10.00.